The Labute approximate surface area is 130 Å². The lowest BCUT2D eigenvalue weighted by atomic mass is 9.84. The van der Waals surface area contributed by atoms with Gasteiger partial charge in [-0.3, -0.25) is 4.79 Å². The lowest BCUT2D eigenvalue weighted by molar-refractivity contribution is -0.137. The second kappa shape index (κ2) is 6.61. The maximum atomic E-state index is 11.6. The number of ether oxygens (including phenoxy) is 1. The van der Waals surface area contributed by atoms with Gasteiger partial charge in [-0.2, -0.15) is 0 Å². The van der Waals surface area contributed by atoms with Gasteiger partial charge in [0.15, 0.2) is 6.10 Å². The third kappa shape index (κ3) is 4.21. The molecule has 2 N–H and O–H groups in total. The van der Waals surface area contributed by atoms with Gasteiger partial charge in [0.05, 0.1) is 11.3 Å². The first-order valence-electron chi connectivity index (χ1n) is 5.56. The summed E-state index contributed by atoms with van der Waals surface area (Å²) in [7, 11) is 0. The molecule has 1 amide bonds. The number of nitrogens with one attached hydrogen (secondary N) is 1. The molecule has 0 radical (unpaired) electrons. The van der Waals surface area contributed by atoms with Gasteiger partial charge in [-0.1, -0.05) is 48.7 Å². The van der Waals surface area contributed by atoms with Crippen molar-refractivity contribution in [2.75, 3.05) is 5.75 Å². The van der Waals surface area contributed by atoms with E-state index in [0.29, 0.717) is 0 Å². The van der Waals surface area contributed by atoms with Gasteiger partial charge < -0.3 is 15.2 Å². The van der Waals surface area contributed by atoms with Crippen LogP contribution in [0.4, 0.5) is 4.79 Å². The van der Waals surface area contributed by atoms with Gasteiger partial charge in [0.2, 0.25) is 9.70 Å². The van der Waals surface area contributed by atoms with Crippen LogP contribution in [-0.4, -0.2) is 38.2 Å². The van der Waals surface area contributed by atoms with Crippen LogP contribution in [0.25, 0.3) is 0 Å². The van der Waals surface area contributed by atoms with Crippen LogP contribution in [0.3, 0.4) is 0 Å². The number of halogens is 3. The zero-order chi connectivity index (χ0) is 14.8. The van der Waals surface area contributed by atoms with E-state index >= 15 is 0 Å². The highest BCUT2D eigenvalue weighted by atomic mass is 35.6. The van der Waals surface area contributed by atoms with Crippen LogP contribution in [0.5, 0.6) is 0 Å². The standard InChI is InChI=1S/C10H14Cl3NO4S/c1-3-19-8-5(7(15)14-8)4(2)6(10(11,12)13)18-9(16)17/h4-6,8H,3H2,1-2H3,(H,14,15)(H,16,17). The summed E-state index contributed by atoms with van der Waals surface area (Å²) in [4.78, 5) is 22.3. The van der Waals surface area contributed by atoms with Crippen molar-refractivity contribution in [3.63, 3.8) is 0 Å². The largest absolute Gasteiger partial charge is 0.506 e. The Balaban J connectivity index is 2.83. The molecule has 1 heterocycles. The van der Waals surface area contributed by atoms with Crippen LogP contribution in [0, 0.1) is 11.8 Å². The number of carbonyl (C=O) groups excluding carboxylic acids is 1. The summed E-state index contributed by atoms with van der Waals surface area (Å²) in [5.74, 6) is -0.357. The number of rotatable bonds is 5. The molecule has 0 aromatic carbocycles. The predicted octanol–water partition coefficient (Wildman–Crippen LogP) is 2.88. The van der Waals surface area contributed by atoms with E-state index in [2.05, 4.69) is 10.1 Å². The normalized spacial score (nSPS) is 26.1. The Kier molecular flexibility index (Phi) is 5.92. The zero-order valence-electron chi connectivity index (χ0n) is 10.2. The van der Waals surface area contributed by atoms with E-state index in [1.54, 1.807) is 18.7 Å². The number of carbonyl (C=O) groups is 2. The quantitative estimate of drug-likeness (QED) is 0.453. The van der Waals surface area contributed by atoms with Gasteiger partial charge in [0.1, 0.15) is 0 Å². The second-order valence-electron chi connectivity index (χ2n) is 4.12. The average molecular weight is 351 g/mol. The Bertz CT molecular complexity index is 363. The van der Waals surface area contributed by atoms with Crippen LogP contribution in [0.1, 0.15) is 13.8 Å². The minimum atomic E-state index is -1.92. The molecular formula is C10H14Cl3NO4S. The number of β-lactam (4-membered cyclic amide) rings is 1. The van der Waals surface area contributed by atoms with E-state index in [4.69, 9.17) is 39.9 Å². The molecule has 0 bridgehead atoms. The molecule has 19 heavy (non-hydrogen) atoms. The molecule has 0 spiro atoms. The molecule has 110 valence electrons. The third-order valence-electron chi connectivity index (χ3n) is 2.85. The first-order chi connectivity index (χ1) is 8.68. The summed E-state index contributed by atoms with van der Waals surface area (Å²) < 4.78 is 2.72. The number of amides is 1. The summed E-state index contributed by atoms with van der Waals surface area (Å²) >= 11 is 18.8. The van der Waals surface area contributed by atoms with Crippen molar-refractivity contribution >= 4 is 58.6 Å². The maximum Gasteiger partial charge on any atom is 0.506 e. The van der Waals surface area contributed by atoms with Gasteiger partial charge in [0.25, 0.3) is 0 Å². The van der Waals surface area contributed by atoms with Gasteiger partial charge in [-0.25, -0.2) is 4.79 Å². The van der Waals surface area contributed by atoms with E-state index in [1.807, 2.05) is 6.92 Å². The predicted molar refractivity (Wildman–Crippen MR) is 75.9 cm³/mol. The molecule has 9 heteroatoms. The summed E-state index contributed by atoms with van der Waals surface area (Å²) in [6, 6.07) is 0. The van der Waals surface area contributed by atoms with Gasteiger partial charge in [-0.05, 0) is 5.75 Å². The van der Waals surface area contributed by atoms with E-state index in [1.165, 1.54) is 0 Å². The first kappa shape index (κ1) is 17.0. The van der Waals surface area contributed by atoms with Crippen LogP contribution in [0.2, 0.25) is 0 Å². The summed E-state index contributed by atoms with van der Waals surface area (Å²) in [5.41, 5.74) is 0. The van der Waals surface area contributed by atoms with Crippen LogP contribution in [-0.2, 0) is 9.53 Å². The fraction of sp³-hybridized carbons (Fsp3) is 0.800. The Morgan fingerprint density at radius 2 is 2.16 bits per heavy atom. The molecule has 0 aliphatic carbocycles. The van der Waals surface area contributed by atoms with Crippen molar-refractivity contribution in [1.29, 1.82) is 0 Å². The van der Waals surface area contributed by atoms with E-state index < -0.39 is 27.9 Å². The van der Waals surface area contributed by atoms with Crippen LogP contribution < -0.4 is 5.32 Å². The first-order valence-corrected chi connectivity index (χ1v) is 7.75. The molecule has 4 atom stereocenters. The zero-order valence-corrected chi connectivity index (χ0v) is 13.3. The minimum absolute atomic E-state index is 0.111. The van der Waals surface area contributed by atoms with Gasteiger partial charge in [-0.15, -0.1) is 11.8 Å². The lowest BCUT2D eigenvalue weighted by Crippen LogP contribution is -2.61. The highest BCUT2D eigenvalue weighted by Crippen LogP contribution is 2.42. The molecule has 1 aliphatic heterocycles. The number of thioether (sulfide) groups is 1. The second-order valence-corrected chi connectivity index (χ2v) is 7.90. The van der Waals surface area contributed by atoms with Crippen molar-refractivity contribution < 1.29 is 19.4 Å². The Morgan fingerprint density at radius 3 is 2.53 bits per heavy atom. The highest BCUT2D eigenvalue weighted by molar-refractivity contribution is 8.00. The summed E-state index contributed by atoms with van der Waals surface area (Å²) in [5, 5.41) is 11.3. The molecule has 1 aliphatic rings. The SMILES string of the molecule is CCSC1NC(=O)C1C(C)C(OC(=O)O)C(Cl)(Cl)Cl. The fourth-order valence-electron chi connectivity index (χ4n) is 1.98. The Morgan fingerprint density at radius 1 is 1.58 bits per heavy atom. The van der Waals surface area contributed by atoms with Crippen LogP contribution in [0.15, 0.2) is 0 Å². The lowest BCUT2D eigenvalue weighted by Gasteiger charge is -2.43. The molecule has 1 fully saturated rings. The molecule has 0 saturated carbocycles. The minimum Gasteiger partial charge on any atom is -0.450 e. The third-order valence-corrected chi connectivity index (χ3v) is 4.60. The van der Waals surface area contributed by atoms with Gasteiger partial charge >= 0.3 is 6.16 Å². The molecule has 4 unspecified atom stereocenters. The Hall–Kier alpha value is -0.0400. The summed E-state index contributed by atoms with van der Waals surface area (Å²) in [6.45, 7) is 3.60. The molecule has 0 aromatic rings. The molecule has 5 nitrogen and oxygen atoms in total. The van der Waals surface area contributed by atoms with E-state index in [0.717, 1.165) is 5.75 Å². The fourth-order valence-corrected chi connectivity index (χ4v) is 3.84. The monoisotopic (exact) mass is 349 g/mol. The van der Waals surface area contributed by atoms with Crippen LogP contribution >= 0.6 is 46.6 Å². The smallest absolute Gasteiger partial charge is 0.450 e. The maximum absolute atomic E-state index is 11.6. The van der Waals surface area contributed by atoms with Crippen molar-refractivity contribution in [2.45, 2.75) is 29.1 Å². The highest BCUT2D eigenvalue weighted by Gasteiger charge is 2.51. The van der Waals surface area contributed by atoms with E-state index in [9.17, 15) is 9.59 Å². The number of carboxylic acid groups (broad SMARTS) is 1. The average Bonchev–Trinajstić information content (AvgIpc) is 2.23. The summed E-state index contributed by atoms with van der Waals surface area (Å²) in [6.07, 6.45) is -2.74. The van der Waals surface area contributed by atoms with Crippen molar-refractivity contribution in [2.24, 2.45) is 11.8 Å². The van der Waals surface area contributed by atoms with E-state index in [-0.39, 0.29) is 11.3 Å². The molecule has 1 rings (SSSR count). The van der Waals surface area contributed by atoms with Crippen molar-refractivity contribution in [3.05, 3.63) is 0 Å². The number of alkyl halides is 3. The number of hydrogen-bond acceptors (Lipinski definition) is 4. The molecule has 1 saturated heterocycles. The van der Waals surface area contributed by atoms with Crippen molar-refractivity contribution in [3.8, 4) is 0 Å². The molecular weight excluding hydrogens is 337 g/mol. The van der Waals surface area contributed by atoms with Crippen molar-refractivity contribution in [1.82, 2.24) is 5.32 Å². The van der Waals surface area contributed by atoms with Gasteiger partial charge in [0, 0.05) is 5.92 Å². The topological polar surface area (TPSA) is 75.6 Å². The number of hydrogen-bond donors (Lipinski definition) is 2. The molecule has 0 aromatic heterocycles.